The van der Waals surface area contributed by atoms with E-state index in [0.29, 0.717) is 38.8 Å². The van der Waals surface area contributed by atoms with Crippen molar-refractivity contribution in [3.8, 4) is 0 Å². The lowest BCUT2D eigenvalue weighted by Crippen LogP contribution is -2.32. The van der Waals surface area contributed by atoms with Crippen molar-refractivity contribution in [1.29, 1.82) is 0 Å². The molecule has 1 aliphatic rings. The molecule has 2 N–H and O–H groups in total. The Morgan fingerprint density at radius 2 is 1.44 bits per heavy atom. The third-order valence-corrected chi connectivity index (χ3v) is 6.01. The number of ether oxygens (including phenoxy) is 1. The summed E-state index contributed by atoms with van der Waals surface area (Å²) < 4.78 is 4.65. The lowest BCUT2D eigenvalue weighted by molar-refractivity contribution is -0.120. The summed E-state index contributed by atoms with van der Waals surface area (Å²) in [5, 5.41) is 5.72. The average molecular weight is 524 g/mol. The van der Waals surface area contributed by atoms with E-state index in [0.717, 1.165) is 4.90 Å². The zero-order valence-corrected chi connectivity index (χ0v) is 20.6. The molecule has 0 radical (unpaired) electrons. The number of carbonyl (C=O) groups excluding carboxylic acids is 4. The van der Waals surface area contributed by atoms with Crippen LogP contribution in [0.3, 0.4) is 0 Å². The SMILES string of the molecule is COC(=O)c1ccc(NC(=O)c2ccc(NC3=C(Cl)C(=O)N(c4cc(Cl)ccc4C)C3=O)cc2)cc1. The number of carbonyl (C=O) groups is 4. The fourth-order valence-electron chi connectivity index (χ4n) is 3.51. The normalized spacial score (nSPS) is 13.2. The zero-order valence-electron chi connectivity index (χ0n) is 19.1. The van der Waals surface area contributed by atoms with Crippen LogP contribution >= 0.6 is 23.2 Å². The molecular formula is C26H19Cl2N3O5. The molecule has 8 nitrogen and oxygen atoms in total. The smallest absolute Gasteiger partial charge is 0.337 e. The van der Waals surface area contributed by atoms with Gasteiger partial charge in [-0.25, -0.2) is 9.69 Å². The highest BCUT2D eigenvalue weighted by Gasteiger charge is 2.39. The molecule has 0 spiro atoms. The van der Waals surface area contributed by atoms with Gasteiger partial charge in [0.1, 0.15) is 10.7 Å². The Morgan fingerprint density at radius 1 is 0.833 bits per heavy atom. The molecule has 10 heteroatoms. The van der Waals surface area contributed by atoms with Crippen molar-refractivity contribution < 1.29 is 23.9 Å². The van der Waals surface area contributed by atoms with E-state index in [1.54, 1.807) is 67.6 Å². The molecule has 3 aromatic carbocycles. The van der Waals surface area contributed by atoms with Gasteiger partial charge in [0.15, 0.2) is 0 Å². The number of anilines is 3. The Labute approximate surface area is 216 Å². The van der Waals surface area contributed by atoms with E-state index in [9.17, 15) is 19.2 Å². The molecule has 4 rings (SSSR count). The third kappa shape index (κ3) is 4.95. The number of hydrogen-bond acceptors (Lipinski definition) is 6. The van der Waals surface area contributed by atoms with Gasteiger partial charge in [0.25, 0.3) is 17.7 Å². The highest BCUT2D eigenvalue weighted by Crippen LogP contribution is 2.33. The molecule has 0 bridgehead atoms. The predicted octanol–water partition coefficient (Wildman–Crippen LogP) is 5.12. The fraction of sp³-hybridized carbons (Fsp3) is 0.0769. The molecule has 0 saturated heterocycles. The van der Waals surface area contributed by atoms with Crippen molar-refractivity contribution in [2.75, 3.05) is 22.6 Å². The molecule has 36 heavy (non-hydrogen) atoms. The summed E-state index contributed by atoms with van der Waals surface area (Å²) in [6, 6.07) is 17.4. The maximum atomic E-state index is 13.0. The monoisotopic (exact) mass is 523 g/mol. The molecule has 0 fully saturated rings. The summed E-state index contributed by atoms with van der Waals surface area (Å²) in [6.07, 6.45) is 0. The maximum absolute atomic E-state index is 13.0. The van der Waals surface area contributed by atoms with Crippen LogP contribution in [0.4, 0.5) is 17.1 Å². The van der Waals surface area contributed by atoms with Gasteiger partial charge in [0, 0.05) is 22.0 Å². The first-order chi connectivity index (χ1) is 17.2. The van der Waals surface area contributed by atoms with Gasteiger partial charge in [0.05, 0.1) is 18.4 Å². The number of hydrogen-bond donors (Lipinski definition) is 2. The number of amides is 3. The molecule has 0 saturated carbocycles. The van der Waals surface area contributed by atoms with E-state index in [4.69, 9.17) is 23.2 Å². The molecule has 0 unspecified atom stereocenters. The van der Waals surface area contributed by atoms with Gasteiger partial charge in [-0.15, -0.1) is 0 Å². The Hall–Kier alpha value is -4.14. The zero-order chi connectivity index (χ0) is 26.0. The minimum absolute atomic E-state index is 0.0797. The van der Waals surface area contributed by atoms with Crippen LogP contribution in [-0.4, -0.2) is 30.8 Å². The van der Waals surface area contributed by atoms with Crippen LogP contribution in [0.25, 0.3) is 0 Å². The van der Waals surface area contributed by atoms with Gasteiger partial charge in [-0.05, 0) is 73.2 Å². The molecule has 0 aliphatic carbocycles. The van der Waals surface area contributed by atoms with Gasteiger partial charge in [-0.1, -0.05) is 29.3 Å². The molecule has 0 aromatic heterocycles. The molecule has 1 heterocycles. The van der Waals surface area contributed by atoms with E-state index in [1.165, 1.54) is 13.2 Å². The minimum atomic E-state index is -0.663. The summed E-state index contributed by atoms with van der Waals surface area (Å²) in [5.41, 5.74) is 2.61. The number of imide groups is 1. The number of nitrogens with one attached hydrogen (secondary N) is 2. The second-order valence-electron chi connectivity index (χ2n) is 7.79. The quantitative estimate of drug-likeness (QED) is 0.343. The van der Waals surface area contributed by atoms with Gasteiger partial charge in [0.2, 0.25) is 0 Å². The second-order valence-corrected chi connectivity index (χ2v) is 8.61. The van der Waals surface area contributed by atoms with E-state index >= 15 is 0 Å². The van der Waals surface area contributed by atoms with Crippen molar-refractivity contribution in [1.82, 2.24) is 0 Å². The molecule has 3 amide bonds. The van der Waals surface area contributed by atoms with Crippen LogP contribution in [-0.2, 0) is 14.3 Å². The fourth-order valence-corrected chi connectivity index (χ4v) is 3.89. The number of benzene rings is 3. The van der Waals surface area contributed by atoms with E-state index < -0.39 is 17.8 Å². The molecular weight excluding hydrogens is 505 g/mol. The third-order valence-electron chi connectivity index (χ3n) is 5.42. The van der Waals surface area contributed by atoms with Crippen molar-refractivity contribution in [3.05, 3.63) is 99.2 Å². The number of halogens is 2. The van der Waals surface area contributed by atoms with Crippen LogP contribution in [0.1, 0.15) is 26.3 Å². The largest absolute Gasteiger partial charge is 0.465 e. The summed E-state index contributed by atoms with van der Waals surface area (Å²) in [6.45, 7) is 1.75. The van der Waals surface area contributed by atoms with Gasteiger partial charge in [-0.3, -0.25) is 14.4 Å². The molecule has 3 aromatic rings. The Bertz CT molecular complexity index is 1420. The first kappa shape index (κ1) is 25.0. The Kier molecular flexibility index (Phi) is 7.10. The van der Waals surface area contributed by atoms with E-state index in [1.807, 2.05) is 0 Å². The number of nitrogens with zero attached hydrogens (tertiary/aromatic N) is 1. The van der Waals surface area contributed by atoms with Crippen LogP contribution in [0.5, 0.6) is 0 Å². The van der Waals surface area contributed by atoms with Gasteiger partial charge < -0.3 is 15.4 Å². The van der Waals surface area contributed by atoms with E-state index in [-0.39, 0.29) is 16.6 Å². The first-order valence-corrected chi connectivity index (χ1v) is 11.4. The van der Waals surface area contributed by atoms with Crippen molar-refractivity contribution in [2.45, 2.75) is 6.92 Å². The van der Waals surface area contributed by atoms with Crippen LogP contribution in [0.2, 0.25) is 5.02 Å². The van der Waals surface area contributed by atoms with Crippen molar-refractivity contribution >= 4 is 64.0 Å². The van der Waals surface area contributed by atoms with Crippen LogP contribution in [0.15, 0.2) is 77.5 Å². The number of methoxy groups -OCH3 is 1. The maximum Gasteiger partial charge on any atom is 0.337 e. The number of rotatable bonds is 6. The van der Waals surface area contributed by atoms with Crippen molar-refractivity contribution in [3.63, 3.8) is 0 Å². The number of aryl methyl sites for hydroxylation is 1. The van der Waals surface area contributed by atoms with E-state index in [2.05, 4.69) is 15.4 Å². The Morgan fingerprint density at radius 3 is 2.08 bits per heavy atom. The predicted molar refractivity (Wildman–Crippen MR) is 137 cm³/mol. The lowest BCUT2D eigenvalue weighted by Gasteiger charge is -2.17. The highest BCUT2D eigenvalue weighted by molar-refractivity contribution is 6.53. The summed E-state index contributed by atoms with van der Waals surface area (Å²) >= 11 is 12.2. The topological polar surface area (TPSA) is 105 Å². The number of esters is 1. The standard InChI is InChI=1S/C26H19Cl2N3O5/c1-14-3-8-17(27)13-20(14)31-24(33)21(28)22(25(31)34)29-18-9-4-15(5-10-18)23(32)30-19-11-6-16(7-12-19)26(35)36-2/h3-13,29H,1-2H3,(H,30,32). The first-order valence-electron chi connectivity index (χ1n) is 10.6. The second kappa shape index (κ2) is 10.2. The summed E-state index contributed by atoms with van der Waals surface area (Å²) in [4.78, 5) is 50.8. The van der Waals surface area contributed by atoms with Crippen molar-refractivity contribution in [2.24, 2.45) is 0 Å². The van der Waals surface area contributed by atoms with Crippen LogP contribution in [0, 0.1) is 6.92 Å². The molecule has 182 valence electrons. The summed E-state index contributed by atoms with van der Waals surface area (Å²) in [5.74, 6) is -2.13. The molecule has 0 atom stereocenters. The molecule has 1 aliphatic heterocycles. The van der Waals surface area contributed by atoms with Gasteiger partial charge >= 0.3 is 5.97 Å². The highest BCUT2D eigenvalue weighted by atomic mass is 35.5. The lowest BCUT2D eigenvalue weighted by atomic mass is 10.1. The minimum Gasteiger partial charge on any atom is -0.465 e. The average Bonchev–Trinajstić information content (AvgIpc) is 3.08. The Balaban J connectivity index is 1.46. The van der Waals surface area contributed by atoms with Gasteiger partial charge in [-0.2, -0.15) is 0 Å². The van der Waals surface area contributed by atoms with Crippen LogP contribution < -0.4 is 15.5 Å². The summed E-state index contributed by atoms with van der Waals surface area (Å²) in [7, 11) is 1.29.